The molecule has 3 N–H and O–H groups in total. The summed E-state index contributed by atoms with van der Waals surface area (Å²) in [4.78, 5) is 22.3. The van der Waals surface area contributed by atoms with Crippen LogP contribution in [-0.4, -0.2) is 32.9 Å². The molecule has 0 bridgehead atoms. The Morgan fingerprint density at radius 3 is 2.79 bits per heavy atom. The summed E-state index contributed by atoms with van der Waals surface area (Å²) in [7, 11) is 1.80. The van der Waals surface area contributed by atoms with E-state index < -0.39 is 5.97 Å². The van der Waals surface area contributed by atoms with Crippen LogP contribution in [0.15, 0.2) is 12.3 Å². The van der Waals surface area contributed by atoms with E-state index in [0.29, 0.717) is 13.0 Å². The maximum atomic E-state index is 11.6. The van der Waals surface area contributed by atoms with Crippen molar-refractivity contribution < 1.29 is 14.7 Å². The second kappa shape index (κ2) is 7.40. The van der Waals surface area contributed by atoms with Crippen LogP contribution in [0.5, 0.6) is 0 Å². The van der Waals surface area contributed by atoms with Crippen LogP contribution in [0, 0.1) is 0 Å². The molecule has 0 aliphatic heterocycles. The molecule has 7 heteroatoms. The predicted molar refractivity (Wildman–Crippen MR) is 69.5 cm³/mol. The van der Waals surface area contributed by atoms with Crippen molar-refractivity contribution in [1.29, 1.82) is 0 Å². The van der Waals surface area contributed by atoms with Gasteiger partial charge >= 0.3 is 12.0 Å². The standard InChI is InChI=1S/C12H20N4O3/c1-3-4-9(7-11(17)18)14-12(19)13-8-10-5-6-16(2)15-10/h5-6,9H,3-4,7-8H2,1-2H3,(H,17,18)(H2,13,14,19). The van der Waals surface area contributed by atoms with Crippen LogP contribution in [0.3, 0.4) is 0 Å². The fourth-order valence-corrected chi connectivity index (χ4v) is 1.75. The van der Waals surface area contributed by atoms with Crippen LogP contribution in [0.1, 0.15) is 31.9 Å². The largest absolute Gasteiger partial charge is 0.481 e. The number of amides is 2. The van der Waals surface area contributed by atoms with Crippen molar-refractivity contribution in [3.8, 4) is 0 Å². The number of nitrogens with zero attached hydrogens (tertiary/aromatic N) is 2. The molecule has 19 heavy (non-hydrogen) atoms. The van der Waals surface area contributed by atoms with E-state index in [0.717, 1.165) is 12.1 Å². The second-order valence-electron chi connectivity index (χ2n) is 4.39. The molecule has 0 fully saturated rings. The van der Waals surface area contributed by atoms with Crippen molar-refractivity contribution in [1.82, 2.24) is 20.4 Å². The minimum atomic E-state index is -0.913. The molecule has 1 aromatic heterocycles. The number of aryl methyl sites for hydroxylation is 1. The molecule has 1 rings (SSSR count). The van der Waals surface area contributed by atoms with Crippen LogP contribution in [0.25, 0.3) is 0 Å². The van der Waals surface area contributed by atoms with Crippen molar-refractivity contribution in [2.75, 3.05) is 0 Å². The number of rotatable bonds is 7. The molecule has 1 atom stereocenters. The van der Waals surface area contributed by atoms with E-state index in [1.54, 1.807) is 24.0 Å². The third kappa shape index (κ3) is 5.89. The molecule has 0 saturated heterocycles. The first-order valence-electron chi connectivity index (χ1n) is 6.26. The average molecular weight is 268 g/mol. The Bertz CT molecular complexity index is 430. The topological polar surface area (TPSA) is 96.3 Å². The van der Waals surface area contributed by atoms with Gasteiger partial charge in [0.25, 0.3) is 0 Å². The number of aromatic nitrogens is 2. The summed E-state index contributed by atoms with van der Waals surface area (Å²) in [6.07, 6.45) is 3.19. The maximum Gasteiger partial charge on any atom is 0.315 e. The van der Waals surface area contributed by atoms with Gasteiger partial charge in [0.15, 0.2) is 0 Å². The molecule has 0 aliphatic rings. The Morgan fingerprint density at radius 1 is 1.53 bits per heavy atom. The predicted octanol–water partition coefficient (Wildman–Crippen LogP) is 0.863. The summed E-state index contributed by atoms with van der Waals surface area (Å²) in [5.41, 5.74) is 0.753. The molecule has 0 aromatic carbocycles. The highest BCUT2D eigenvalue weighted by atomic mass is 16.4. The van der Waals surface area contributed by atoms with Crippen LogP contribution in [0.4, 0.5) is 4.79 Å². The molecule has 106 valence electrons. The lowest BCUT2D eigenvalue weighted by Crippen LogP contribution is -2.42. The van der Waals surface area contributed by atoms with Gasteiger partial charge in [-0.2, -0.15) is 5.10 Å². The second-order valence-corrected chi connectivity index (χ2v) is 4.39. The summed E-state index contributed by atoms with van der Waals surface area (Å²) >= 11 is 0. The van der Waals surface area contributed by atoms with Crippen LogP contribution in [0.2, 0.25) is 0 Å². The van der Waals surface area contributed by atoms with E-state index >= 15 is 0 Å². The van der Waals surface area contributed by atoms with Crippen molar-refractivity contribution in [3.63, 3.8) is 0 Å². The molecule has 1 unspecified atom stereocenters. The highest BCUT2D eigenvalue weighted by Gasteiger charge is 2.14. The molecule has 1 heterocycles. The van der Waals surface area contributed by atoms with Gasteiger partial charge in [-0.15, -0.1) is 0 Å². The Balaban J connectivity index is 2.37. The fraction of sp³-hybridized carbons (Fsp3) is 0.583. The van der Waals surface area contributed by atoms with Crippen molar-refractivity contribution in [2.45, 2.75) is 38.8 Å². The first-order chi connectivity index (χ1) is 9.01. The van der Waals surface area contributed by atoms with Gasteiger partial charge in [0.2, 0.25) is 0 Å². The van der Waals surface area contributed by atoms with Crippen LogP contribution < -0.4 is 10.6 Å². The first-order valence-corrected chi connectivity index (χ1v) is 6.26. The summed E-state index contributed by atoms with van der Waals surface area (Å²) < 4.78 is 1.65. The number of aliphatic carboxylic acids is 1. The van der Waals surface area contributed by atoms with E-state index in [2.05, 4.69) is 15.7 Å². The summed E-state index contributed by atoms with van der Waals surface area (Å²) in [5, 5.41) is 18.2. The molecular weight excluding hydrogens is 248 g/mol. The Kier molecular flexibility index (Phi) is 5.84. The highest BCUT2D eigenvalue weighted by molar-refractivity contribution is 5.75. The monoisotopic (exact) mass is 268 g/mol. The lowest BCUT2D eigenvalue weighted by atomic mass is 10.1. The van der Waals surface area contributed by atoms with Crippen LogP contribution >= 0.6 is 0 Å². The highest BCUT2D eigenvalue weighted by Crippen LogP contribution is 2.02. The number of carbonyl (C=O) groups is 2. The fourth-order valence-electron chi connectivity index (χ4n) is 1.75. The summed E-state index contributed by atoms with van der Waals surface area (Å²) in [6.45, 7) is 2.26. The molecule has 0 radical (unpaired) electrons. The van der Waals surface area contributed by atoms with E-state index in [-0.39, 0.29) is 18.5 Å². The van der Waals surface area contributed by atoms with E-state index in [9.17, 15) is 9.59 Å². The zero-order valence-corrected chi connectivity index (χ0v) is 11.2. The Labute approximate surface area is 112 Å². The van der Waals surface area contributed by atoms with Crippen molar-refractivity contribution >= 4 is 12.0 Å². The third-order valence-corrected chi connectivity index (χ3v) is 2.59. The quantitative estimate of drug-likeness (QED) is 0.683. The molecule has 0 saturated carbocycles. The number of hydrogen-bond donors (Lipinski definition) is 3. The number of carboxylic acid groups (broad SMARTS) is 1. The van der Waals surface area contributed by atoms with Gasteiger partial charge in [-0.3, -0.25) is 9.48 Å². The average Bonchev–Trinajstić information content (AvgIpc) is 2.72. The lowest BCUT2D eigenvalue weighted by molar-refractivity contribution is -0.137. The summed E-state index contributed by atoms with van der Waals surface area (Å²) in [5.74, 6) is -0.913. The Morgan fingerprint density at radius 2 is 2.26 bits per heavy atom. The van der Waals surface area contributed by atoms with Gasteiger partial charge < -0.3 is 15.7 Å². The molecular formula is C12H20N4O3. The molecule has 1 aromatic rings. The molecule has 2 amide bonds. The molecule has 0 spiro atoms. The third-order valence-electron chi connectivity index (χ3n) is 2.59. The van der Waals surface area contributed by atoms with Gasteiger partial charge in [0, 0.05) is 19.3 Å². The van der Waals surface area contributed by atoms with Gasteiger partial charge in [0.05, 0.1) is 18.7 Å². The number of carboxylic acids is 1. The van der Waals surface area contributed by atoms with Gasteiger partial charge in [-0.05, 0) is 12.5 Å². The van der Waals surface area contributed by atoms with E-state index in [4.69, 9.17) is 5.11 Å². The number of carbonyl (C=O) groups excluding carboxylic acids is 1. The summed E-state index contributed by atoms with van der Waals surface area (Å²) in [6, 6.07) is 1.10. The van der Waals surface area contributed by atoms with Crippen LogP contribution in [-0.2, 0) is 18.4 Å². The van der Waals surface area contributed by atoms with Crippen molar-refractivity contribution in [3.05, 3.63) is 18.0 Å². The van der Waals surface area contributed by atoms with E-state index in [1.807, 2.05) is 6.92 Å². The zero-order chi connectivity index (χ0) is 14.3. The van der Waals surface area contributed by atoms with Gasteiger partial charge in [0.1, 0.15) is 0 Å². The lowest BCUT2D eigenvalue weighted by Gasteiger charge is -2.16. The van der Waals surface area contributed by atoms with Crippen molar-refractivity contribution in [2.24, 2.45) is 7.05 Å². The zero-order valence-electron chi connectivity index (χ0n) is 11.2. The number of urea groups is 1. The molecule has 7 nitrogen and oxygen atoms in total. The maximum absolute atomic E-state index is 11.6. The smallest absolute Gasteiger partial charge is 0.315 e. The number of nitrogens with one attached hydrogen (secondary N) is 2. The normalized spacial score (nSPS) is 11.9. The van der Waals surface area contributed by atoms with Gasteiger partial charge in [-0.1, -0.05) is 13.3 Å². The molecule has 0 aliphatic carbocycles. The minimum absolute atomic E-state index is 0.0646. The van der Waals surface area contributed by atoms with E-state index in [1.165, 1.54) is 0 Å². The Hall–Kier alpha value is -2.05. The SMILES string of the molecule is CCCC(CC(=O)O)NC(=O)NCc1ccn(C)n1. The first kappa shape index (κ1) is 15.0. The minimum Gasteiger partial charge on any atom is -0.481 e. The van der Waals surface area contributed by atoms with Gasteiger partial charge in [-0.25, -0.2) is 4.79 Å². The number of hydrogen-bond acceptors (Lipinski definition) is 3.